The van der Waals surface area contributed by atoms with Gasteiger partial charge in [0.1, 0.15) is 23.8 Å². The Bertz CT molecular complexity index is 963. The summed E-state index contributed by atoms with van der Waals surface area (Å²) in [5.41, 5.74) is 2.28. The van der Waals surface area contributed by atoms with E-state index in [2.05, 4.69) is 30.9 Å². The predicted octanol–water partition coefficient (Wildman–Crippen LogP) is 4.65. The SMILES string of the molecule is Cc1ccnc(Nc2cc(Nc3ccc(NC(=O)C(C)(C)C)cc3)ncn2)c1. The molecule has 0 saturated heterocycles. The average molecular weight is 376 g/mol. The van der Waals surface area contributed by atoms with Gasteiger partial charge in [-0.15, -0.1) is 0 Å². The minimum absolute atomic E-state index is 0.0236. The Kier molecular flexibility index (Phi) is 5.54. The lowest BCUT2D eigenvalue weighted by Gasteiger charge is -2.17. The highest BCUT2D eigenvalue weighted by Gasteiger charge is 2.20. The van der Waals surface area contributed by atoms with Crippen molar-refractivity contribution in [3.8, 4) is 0 Å². The summed E-state index contributed by atoms with van der Waals surface area (Å²) in [6, 6.07) is 13.2. The third-order valence-electron chi connectivity index (χ3n) is 3.94. The van der Waals surface area contributed by atoms with Crippen LogP contribution in [0.15, 0.2) is 55.0 Å². The van der Waals surface area contributed by atoms with E-state index in [1.165, 1.54) is 6.33 Å². The van der Waals surface area contributed by atoms with Gasteiger partial charge in [0.15, 0.2) is 0 Å². The number of anilines is 5. The van der Waals surface area contributed by atoms with Crippen molar-refractivity contribution in [1.82, 2.24) is 15.0 Å². The maximum atomic E-state index is 12.1. The van der Waals surface area contributed by atoms with Crippen molar-refractivity contribution in [3.05, 3.63) is 60.6 Å². The zero-order valence-electron chi connectivity index (χ0n) is 16.4. The first-order valence-electron chi connectivity index (χ1n) is 9.00. The minimum atomic E-state index is -0.437. The largest absolute Gasteiger partial charge is 0.340 e. The van der Waals surface area contributed by atoms with Crippen LogP contribution in [0.3, 0.4) is 0 Å². The van der Waals surface area contributed by atoms with Crippen LogP contribution in [0, 0.1) is 12.3 Å². The number of aromatic nitrogens is 3. The third-order valence-corrected chi connectivity index (χ3v) is 3.94. The van der Waals surface area contributed by atoms with Crippen LogP contribution in [0.2, 0.25) is 0 Å². The van der Waals surface area contributed by atoms with Gasteiger partial charge < -0.3 is 16.0 Å². The van der Waals surface area contributed by atoms with Crippen molar-refractivity contribution in [1.29, 1.82) is 0 Å². The fraction of sp³-hybridized carbons (Fsp3) is 0.238. The van der Waals surface area contributed by atoms with Gasteiger partial charge in [0.25, 0.3) is 0 Å². The first kappa shape index (κ1) is 19.3. The third kappa shape index (κ3) is 5.26. The van der Waals surface area contributed by atoms with E-state index in [0.29, 0.717) is 11.6 Å². The quantitative estimate of drug-likeness (QED) is 0.600. The summed E-state index contributed by atoms with van der Waals surface area (Å²) in [6.07, 6.45) is 3.23. The molecule has 1 amide bonds. The zero-order valence-corrected chi connectivity index (χ0v) is 16.4. The van der Waals surface area contributed by atoms with Crippen molar-refractivity contribution >= 4 is 34.7 Å². The molecule has 0 bridgehead atoms. The molecular formula is C21H24N6O. The van der Waals surface area contributed by atoms with Gasteiger partial charge in [-0.1, -0.05) is 20.8 Å². The molecule has 0 fully saturated rings. The molecule has 2 heterocycles. The van der Waals surface area contributed by atoms with Crippen LogP contribution in [-0.2, 0) is 4.79 Å². The van der Waals surface area contributed by atoms with E-state index in [0.717, 1.165) is 22.8 Å². The molecule has 3 aromatic rings. The van der Waals surface area contributed by atoms with Gasteiger partial charge in [-0.2, -0.15) is 0 Å². The van der Waals surface area contributed by atoms with Gasteiger partial charge in [-0.25, -0.2) is 15.0 Å². The number of nitrogens with one attached hydrogen (secondary N) is 3. The first-order chi connectivity index (χ1) is 13.3. The molecule has 0 aliphatic carbocycles. The second kappa shape index (κ2) is 8.04. The number of carbonyl (C=O) groups is 1. The molecule has 0 aliphatic rings. The fourth-order valence-electron chi connectivity index (χ4n) is 2.33. The summed E-state index contributed by atoms with van der Waals surface area (Å²) >= 11 is 0. The number of benzene rings is 1. The molecule has 0 saturated carbocycles. The van der Waals surface area contributed by atoms with E-state index in [1.807, 2.05) is 64.1 Å². The Morgan fingerprint density at radius 2 is 1.43 bits per heavy atom. The van der Waals surface area contributed by atoms with Crippen molar-refractivity contribution < 1.29 is 4.79 Å². The molecule has 0 atom stereocenters. The molecule has 0 radical (unpaired) electrons. The van der Waals surface area contributed by atoms with Crippen molar-refractivity contribution in [3.63, 3.8) is 0 Å². The first-order valence-corrected chi connectivity index (χ1v) is 9.00. The van der Waals surface area contributed by atoms with E-state index < -0.39 is 5.41 Å². The van der Waals surface area contributed by atoms with Gasteiger partial charge in [-0.05, 0) is 48.9 Å². The number of pyridine rings is 1. The zero-order chi connectivity index (χ0) is 20.1. The van der Waals surface area contributed by atoms with Crippen LogP contribution in [0.1, 0.15) is 26.3 Å². The lowest BCUT2D eigenvalue weighted by atomic mass is 9.95. The average Bonchev–Trinajstić information content (AvgIpc) is 2.63. The topological polar surface area (TPSA) is 91.8 Å². The number of carbonyl (C=O) groups excluding carboxylic acids is 1. The lowest BCUT2D eigenvalue weighted by Crippen LogP contribution is -2.27. The molecule has 1 aromatic carbocycles. The molecule has 28 heavy (non-hydrogen) atoms. The predicted molar refractivity (Wildman–Crippen MR) is 112 cm³/mol. The van der Waals surface area contributed by atoms with Crippen LogP contribution >= 0.6 is 0 Å². The molecule has 3 N–H and O–H groups in total. The smallest absolute Gasteiger partial charge is 0.229 e. The van der Waals surface area contributed by atoms with Crippen LogP contribution < -0.4 is 16.0 Å². The number of rotatable bonds is 5. The lowest BCUT2D eigenvalue weighted by molar-refractivity contribution is -0.123. The molecule has 7 nitrogen and oxygen atoms in total. The highest BCUT2D eigenvalue weighted by atomic mass is 16.2. The Balaban J connectivity index is 1.66. The van der Waals surface area contributed by atoms with Crippen LogP contribution in [0.25, 0.3) is 0 Å². The summed E-state index contributed by atoms with van der Waals surface area (Å²) < 4.78 is 0. The van der Waals surface area contributed by atoms with E-state index in [4.69, 9.17) is 0 Å². The number of nitrogens with zero attached hydrogens (tertiary/aromatic N) is 3. The summed E-state index contributed by atoms with van der Waals surface area (Å²) in [5, 5.41) is 9.30. The van der Waals surface area contributed by atoms with E-state index in [-0.39, 0.29) is 5.91 Å². The Labute approximate surface area is 164 Å². The monoisotopic (exact) mass is 376 g/mol. The molecule has 0 unspecified atom stereocenters. The number of hydrogen-bond acceptors (Lipinski definition) is 6. The number of hydrogen-bond donors (Lipinski definition) is 3. The molecule has 0 spiro atoms. The summed E-state index contributed by atoms with van der Waals surface area (Å²) in [7, 11) is 0. The van der Waals surface area contributed by atoms with Gasteiger partial charge >= 0.3 is 0 Å². The van der Waals surface area contributed by atoms with E-state index >= 15 is 0 Å². The standard InChI is InChI=1S/C21H24N6O/c1-14-9-10-22-17(11-14)27-19-12-18(23-13-24-19)25-15-5-7-16(8-6-15)26-20(28)21(2,3)4/h5-13H,1-4H3,(H,26,28)(H2,22,23,24,25,27). The molecule has 2 aromatic heterocycles. The second-order valence-corrected chi connectivity index (χ2v) is 7.54. The normalized spacial score (nSPS) is 11.0. The van der Waals surface area contributed by atoms with Crippen LogP contribution in [0.4, 0.5) is 28.8 Å². The minimum Gasteiger partial charge on any atom is -0.340 e. The van der Waals surface area contributed by atoms with E-state index in [9.17, 15) is 4.79 Å². The van der Waals surface area contributed by atoms with Gasteiger partial charge in [-0.3, -0.25) is 4.79 Å². The second-order valence-electron chi connectivity index (χ2n) is 7.54. The van der Waals surface area contributed by atoms with Gasteiger partial charge in [0.05, 0.1) is 0 Å². The maximum Gasteiger partial charge on any atom is 0.229 e. The molecule has 7 heteroatoms. The molecule has 3 rings (SSSR count). The van der Waals surface area contributed by atoms with Crippen LogP contribution in [-0.4, -0.2) is 20.9 Å². The highest BCUT2D eigenvalue weighted by Crippen LogP contribution is 2.22. The fourth-order valence-corrected chi connectivity index (χ4v) is 2.33. The molecule has 144 valence electrons. The Morgan fingerprint density at radius 1 is 0.821 bits per heavy atom. The summed E-state index contributed by atoms with van der Waals surface area (Å²) in [5.74, 6) is 1.99. The Hall–Kier alpha value is -3.48. The Morgan fingerprint density at radius 3 is 2.07 bits per heavy atom. The van der Waals surface area contributed by atoms with Gasteiger partial charge in [0, 0.05) is 29.1 Å². The summed E-state index contributed by atoms with van der Waals surface area (Å²) in [6.45, 7) is 7.65. The molecular weight excluding hydrogens is 352 g/mol. The van der Waals surface area contributed by atoms with E-state index in [1.54, 1.807) is 12.3 Å². The molecule has 0 aliphatic heterocycles. The van der Waals surface area contributed by atoms with Crippen LogP contribution in [0.5, 0.6) is 0 Å². The van der Waals surface area contributed by atoms with Crippen molar-refractivity contribution in [2.75, 3.05) is 16.0 Å². The summed E-state index contributed by atoms with van der Waals surface area (Å²) in [4.78, 5) is 24.8. The maximum absolute atomic E-state index is 12.1. The van der Waals surface area contributed by atoms with Crippen molar-refractivity contribution in [2.45, 2.75) is 27.7 Å². The van der Waals surface area contributed by atoms with Gasteiger partial charge in [0.2, 0.25) is 5.91 Å². The number of aryl methyl sites for hydroxylation is 1. The van der Waals surface area contributed by atoms with Crippen molar-refractivity contribution in [2.24, 2.45) is 5.41 Å². The number of amides is 1. The highest BCUT2D eigenvalue weighted by molar-refractivity contribution is 5.94.